The Hall–Kier alpha value is -5.23. The highest BCUT2D eigenvalue weighted by Gasteiger charge is 2.56. The van der Waals surface area contributed by atoms with Crippen LogP contribution in [0.25, 0.3) is 10.9 Å². The number of anilines is 2. The van der Waals surface area contributed by atoms with Crippen molar-refractivity contribution in [1.82, 2.24) is 14.8 Å². The number of aromatic nitrogens is 1. The summed E-state index contributed by atoms with van der Waals surface area (Å²) >= 11 is 0. The molecule has 1 saturated heterocycles. The van der Waals surface area contributed by atoms with E-state index in [2.05, 4.69) is 27.4 Å². The van der Waals surface area contributed by atoms with Crippen molar-refractivity contribution in [2.45, 2.75) is 25.8 Å². The minimum atomic E-state index is -1.25. The number of nitrogens with one attached hydrogen (secondary N) is 2. The Morgan fingerprint density at radius 2 is 1.67 bits per heavy atom. The standard InChI is InChI=1S/C34H34FN5O6/c1-21-20-40(17-16-39(21)2)33(43)46-30-19-27-24(18-29(30)44-3)28(12-15-36-27)45-23-10-8-22(9-11-23)37-31(41)34(13-14-34)32(42)38-26-7-5-4-6-25(26)35/h4-12,15,18-19,21H,13-14,16-17,20H2,1-3H3,(H,37,41)(H,38,42)/t21-/m1/s1. The molecule has 0 unspecified atom stereocenters. The second-order valence-electron chi connectivity index (χ2n) is 11.6. The lowest BCUT2D eigenvalue weighted by Gasteiger charge is -2.36. The van der Waals surface area contributed by atoms with E-state index in [1.165, 1.54) is 25.3 Å². The van der Waals surface area contributed by atoms with E-state index in [9.17, 15) is 18.8 Å². The molecule has 0 bridgehead atoms. The molecule has 6 rings (SSSR count). The Morgan fingerprint density at radius 1 is 0.935 bits per heavy atom. The zero-order valence-electron chi connectivity index (χ0n) is 25.7. The SMILES string of the molecule is COc1cc2c(Oc3ccc(NC(=O)C4(C(=O)Nc5ccccc5F)CC4)cc3)ccnc2cc1OC(=O)N1CCN(C)[C@H](C)C1. The molecule has 3 amide bonds. The molecular weight excluding hydrogens is 593 g/mol. The number of amides is 3. The number of piperazine rings is 1. The molecule has 11 nitrogen and oxygen atoms in total. The number of pyridine rings is 1. The molecule has 2 heterocycles. The van der Waals surface area contributed by atoms with Gasteiger partial charge in [0.25, 0.3) is 0 Å². The number of hydrogen-bond donors (Lipinski definition) is 2. The molecule has 238 valence electrons. The lowest BCUT2D eigenvalue weighted by Crippen LogP contribution is -2.52. The summed E-state index contributed by atoms with van der Waals surface area (Å²) in [6, 6.07) is 17.8. The van der Waals surface area contributed by atoms with E-state index in [1.807, 2.05) is 7.05 Å². The van der Waals surface area contributed by atoms with Crippen LogP contribution in [0.1, 0.15) is 19.8 Å². The van der Waals surface area contributed by atoms with Crippen LogP contribution in [0.4, 0.5) is 20.6 Å². The van der Waals surface area contributed by atoms with Crippen molar-refractivity contribution in [3.05, 3.63) is 78.7 Å². The number of para-hydroxylation sites is 1. The van der Waals surface area contributed by atoms with E-state index < -0.39 is 29.1 Å². The summed E-state index contributed by atoms with van der Waals surface area (Å²) in [6.07, 6.45) is 1.88. The molecule has 1 saturated carbocycles. The third-order valence-electron chi connectivity index (χ3n) is 8.48. The van der Waals surface area contributed by atoms with Crippen LogP contribution >= 0.6 is 0 Å². The predicted molar refractivity (Wildman–Crippen MR) is 170 cm³/mol. The highest BCUT2D eigenvalue weighted by atomic mass is 19.1. The van der Waals surface area contributed by atoms with Crippen LogP contribution in [0.5, 0.6) is 23.0 Å². The van der Waals surface area contributed by atoms with Crippen molar-refractivity contribution in [2.75, 3.05) is 44.4 Å². The molecule has 1 aromatic heterocycles. The summed E-state index contributed by atoms with van der Waals surface area (Å²) in [6.45, 7) is 3.96. The first-order chi connectivity index (χ1) is 22.2. The van der Waals surface area contributed by atoms with Crippen LogP contribution in [-0.2, 0) is 9.59 Å². The van der Waals surface area contributed by atoms with E-state index in [0.29, 0.717) is 59.8 Å². The lowest BCUT2D eigenvalue weighted by atomic mass is 10.0. The number of carbonyl (C=O) groups excluding carboxylic acids is 3. The Kier molecular flexibility index (Phi) is 8.46. The van der Waals surface area contributed by atoms with Gasteiger partial charge in [0, 0.05) is 49.0 Å². The molecule has 0 radical (unpaired) electrons. The first kappa shape index (κ1) is 30.8. The third-order valence-corrected chi connectivity index (χ3v) is 8.48. The smallest absolute Gasteiger partial charge is 0.415 e. The van der Waals surface area contributed by atoms with Gasteiger partial charge < -0.3 is 34.6 Å². The highest BCUT2D eigenvalue weighted by Crippen LogP contribution is 2.47. The normalized spacial score (nSPS) is 17.2. The van der Waals surface area contributed by atoms with E-state index in [0.717, 1.165) is 6.54 Å². The number of rotatable bonds is 8. The van der Waals surface area contributed by atoms with Gasteiger partial charge in [-0.3, -0.25) is 14.6 Å². The number of fused-ring (bicyclic) bond motifs is 1. The van der Waals surface area contributed by atoms with Gasteiger partial charge in [-0.1, -0.05) is 12.1 Å². The molecule has 2 aliphatic rings. The van der Waals surface area contributed by atoms with Gasteiger partial charge in [0.05, 0.1) is 18.3 Å². The summed E-state index contributed by atoms with van der Waals surface area (Å²) in [5.41, 5.74) is -0.195. The molecule has 1 atom stereocenters. The van der Waals surface area contributed by atoms with Crippen LogP contribution in [-0.4, -0.2) is 72.5 Å². The fourth-order valence-electron chi connectivity index (χ4n) is 5.30. The maximum Gasteiger partial charge on any atom is 0.415 e. The van der Waals surface area contributed by atoms with Gasteiger partial charge in [-0.05, 0) is 75.3 Å². The molecule has 12 heteroatoms. The summed E-state index contributed by atoms with van der Waals surface area (Å²) in [5, 5.41) is 5.96. The Labute approximate surface area is 265 Å². The quantitative estimate of drug-likeness (QED) is 0.240. The zero-order chi connectivity index (χ0) is 32.4. The van der Waals surface area contributed by atoms with Crippen LogP contribution in [0.2, 0.25) is 0 Å². The van der Waals surface area contributed by atoms with Gasteiger partial charge in [-0.15, -0.1) is 0 Å². The Morgan fingerprint density at radius 3 is 2.37 bits per heavy atom. The molecule has 2 N–H and O–H groups in total. The second kappa shape index (κ2) is 12.6. The zero-order valence-corrected chi connectivity index (χ0v) is 25.7. The average Bonchev–Trinajstić information content (AvgIpc) is 3.87. The molecule has 46 heavy (non-hydrogen) atoms. The van der Waals surface area contributed by atoms with E-state index in [1.54, 1.807) is 59.6 Å². The number of halogens is 1. The van der Waals surface area contributed by atoms with Crippen molar-refractivity contribution in [3.63, 3.8) is 0 Å². The van der Waals surface area contributed by atoms with Gasteiger partial charge in [-0.2, -0.15) is 0 Å². The molecule has 1 aliphatic heterocycles. The van der Waals surface area contributed by atoms with Crippen molar-refractivity contribution in [1.29, 1.82) is 0 Å². The van der Waals surface area contributed by atoms with Crippen LogP contribution in [0.3, 0.4) is 0 Å². The molecule has 4 aromatic rings. The summed E-state index contributed by atoms with van der Waals surface area (Å²) in [5.74, 6) is 0.0279. The molecule has 0 spiro atoms. The molecular formula is C34H34FN5O6. The minimum absolute atomic E-state index is 0.0342. The van der Waals surface area contributed by atoms with Gasteiger partial charge in [0.2, 0.25) is 11.8 Å². The number of benzene rings is 3. The molecule has 2 fully saturated rings. The van der Waals surface area contributed by atoms with Crippen LogP contribution in [0, 0.1) is 11.2 Å². The van der Waals surface area contributed by atoms with Gasteiger partial charge in [-0.25, -0.2) is 9.18 Å². The van der Waals surface area contributed by atoms with E-state index >= 15 is 0 Å². The molecule has 3 aromatic carbocycles. The number of methoxy groups -OCH3 is 1. The Balaban J connectivity index is 1.12. The number of ether oxygens (including phenoxy) is 3. The molecule has 1 aliphatic carbocycles. The Bertz CT molecular complexity index is 1800. The minimum Gasteiger partial charge on any atom is -0.493 e. The van der Waals surface area contributed by atoms with Gasteiger partial charge >= 0.3 is 6.09 Å². The fraction of sp³-hybridized carbons (Fsp3) is 0.294. The third kappa shape index (κ3) is 6.29. The fourth-order valence-corrected chi connectivity index (χ4v) is 5.30. The van der Waals surface area contributed by atoms with E-state index in [-0.39, 0.29) is 17.5 Å². The van der Waals surface area contributed by atoms with Crippen LogP contribution < -0.4 is 24.8 Å². The second-order valence-corrected chi connectivity index (χ2v) is 11.6. The summed E-state index contributed by atoms with van der Waals surface area (Å²) in [4.78, 5) is 47.1. The summed E-state index contributed by atoms with van der Waals surface area (Å²) in [7, 11) is 3.52. The topological polar surface area (TPSA) is 122 Å². The van der Waals surface area contributed by atoms with Crippen LogP contribution in [0.15, 0.2) is 72.9 Å². The maximum atomic E-state index is 14.0. The van der Waals surface area contributed by atoms with E-state index in [4.69, 9.17) is 14.2 Å². The first-order valence-corrected chi connectivity index (χ1v) is 15.0. The number of nitrogens with zero attached hydrogens (tertiary/aromatic N) is 3. The monoisotopic (exact) mass is 627 g/mol. The number of carbonyl (C=O) groups is 3. The maximum absolute atomic E-state index is 14.0. The van der Waals surface area contributed by atoms with Gasteiger partial charge in [0.1, 0.15) is 22.7 Å². The largest absolute Gasteiger partial charge is 0.493 e. The van der Waals surface area contributed by atoms with Crippen molar-refractivity contribution >= 4 is 40.2 Å². The van der Waals surface area contributed by atoms with Crippen molar-refractivity contribution in [2.24, 2.45) is 5.41 Å². The van der Waals surface area contributed by atoms with Gasteiger partial charge in [0.15, 0.2) is 11.5 Å². The summed E-state index contributed by atoms with van der Waals surface area (Å²) < 4.78 is 31.5. The van der Waals surface area contributed by atoms with Crippen molar-refractivity contribution in [3.8, 4) is 23.0 Å². The number of likely N-dealkylation sites (N-methyl/N-ethyl adjacent to an activating group) is 1. The predicted octanol–water partition coefficient (Wildman–Crippen LogP) is 5.67. The average molecular weight is 628 g/mol. The van der Waals surface area contributed by atoms with Crippen molar-refractivity contribution < 1.29 is 33.0 Å². The lowest BCUT2D eigenvalue weighted by molar-refractivity contribution is -0.131. The number of hydrogen-bond acceptors (Lipinski definition) is 8. The highest BCUT2D eigenvalue weighted by molar-refractivity contribution is 6.17. The first-order valence-electron chi connectivity index (χ1n) is 15.0.